The summed E-state index contributed by atoms with van der Waals surface area (Å²) in [7, 11) is 0. The fraction of sp³-hybridized carbons (Fsp3) is 0.417. The van der Waals surface area contributed by atoms with Crippen molar-refractivity contribution >= 4 is 11.6 Å². The monoisotopic (exact) mass is 221 g/mol. The summed E-state index contributed by atoms with van der Waals surface area (Å²) in [4.78, 5) is 0. The number of rotatable bonds is 1. The van der Waals surface area contributed by atoms with Crippen LogP contribution in [0.25, 0.3) is 0 Å². The van der Waals surface area contributed by atoms with Crippen LogP contribution in [0.4, 0.5) is 0 Å². The number of nitrogens with zero attached hydrogens (tertiary/aromatic N) is 1. The fourth-order valence-corrected chi connectivity index (χ4v) is 2.15. The van der Waals surface area contributed by atoms with E-state index in [2.05, 4.69) is 6.07 Å². The van der Waals surface area contributed by atoms with E-state index in [9.17, 15) is 5.26 Å². The molecule has 0 aromatic heterocycles. The van der Waals surface area contributed by atoms with Crippen LogP contribution in [-0.2, 0) is 10.2 Å². The number of hydrogen-bond acceptors (Lipinski definition) is 2. The van der Waals surface area contributed by atoms with Gasteiger partial charge in [0.05, 0.1) is 12.7 Å². The molecule has 0 bridgehead atoms. The second kappa shape index (κ2) is 4.22. The highest BCUT2D eigenvalue weighted by molar-refractivity contribution is 6.30. The predicted molar refractivity (Wildman–Crippen MR) is 58.8 cm³/mol. The van der Waals surface area contributed by atoms with Crippen molar-refractivity contribution in [2.75, 3.05) is 13.2 Å². The van der Waals surface area contributed by atoms with Crippen molar-refractivity contribution < 1.29 is 4.74 Å². The molecule has 1 saturated heterocycles. The van der Waals surface area contributed by atoms with Gasteiger partial charge in [0, 0.05) is 11.6 Å². The maximum Gasteiger partial charge on any atom is 0.106 e. The van der Waals surface area contributed by atoms with Crippen LogP contribution in [0.5, 0.6) is 0 Å². The summed E-state index contributed by atoms with van der Waals surface area (Å²) in [6.07, 6.45) is 1.78. The van der Waals surface area contributed by atoms with Crippen LogP contribution in [0, 0.1) is 11.3 Å². The van der Waals surface area contributed by atoms with Crippen molar-refractivity contribution in [1.82, 2.24) is 0 Å². The van der Waals surface area contributed by atoms with Gasteiger partial charge in [-0.3, -0.25) is 0 Å². The molecule has 3 heteroatoms. The minimum atomic E-state index is -0.497. The molecule has 0 saturated carbocycles. The number of hydrogen-bond donors (Lipinski definition) is 0. The lowest BCUT2D eigenvalue weighted by Crippen LogP contribution is -2.34. The second-order valence-electron chi connectivity index (χ2n) is 3.86. The molecule has 1 heterocycles. The Bertz CT molecular complexity index is 391. The molecule has 1 fully saturated rings. The molecule has 0 aliphatic carbocycles. The lowest BCUT2D eigenvalue weighted by molar-refractivity contribution is 0.0563. The van der Waals surface area contributed by atoms with E-state index >= 15 is 0 Å². The minimum absolute atomic E-state index is 0.476. The average Bonchev–Trinajstić information content (AvgIpc) is 2.30. The standard InChI is InChI=1S/C12H12ClNO/c13-11-4-1-3-10(7-11)12(8-14)5-2-6-15-9-12/h1,3-4,7H,2,5-6,9H2. The van der Waals surface area contributed by atoms with Crippen molar-refractivity contribution in [2.24, 2.45) is 0 Å². The normalized spacial score (nSPS) is 25.9. The van der Waals surface area contributed by atoms with Crippen molar-refractivity contribution in [3.8, 4) is 6.07 Å². The van der Waals surface area contributed by atoms with Gasteiger partial charge in [0.25, 0.3) is 0 Å². The zero-order chi connectivity index (χ0) is 10.7. The summed E-state index contributed by atoms with van der Waals surface area (Å²) in [5.74, 6) is 0. The van der Waals surface area contributed by atoms with Crippen LogP contribution in [0.2, 0.25) is 5.02 Å². The van der Waals surface area contributed by atoms with Crippen LogP contribution in [0.3, 0.4) is 0 Å². The van der Waals surface area contributed by atoms with E-state index in [4.69, 9.17) is 16.3 Å². The number of ether oxygens (including phenoxy) is 1. The van der Waals surface area contributed by atoms with Gasteiger partial charge < -0.3 is 4.74 Å². The SMILES string of the molecule is N#CC1(c2cccc(Cl)c2)CCCOC1. The van der Waals surface area contributed by atoms with Gasteiger partial charge in [-0.2, -0.15) is 5.26 Å². The third-order valence-corrected chi connectivity index (χ3v) is 3.07. The van der Waals surface area contributed by atoms with Crippen molar-refractivity contribution in [1.29, 1.82) is 5.26 Å². The van der Waals surface area contributed by atoms with Gasteiger partial charge in [-0.1, -0.05) is 23.7 Å². The molecule has 1 unspecified atom stereocenters. The molecule has 1 aliphatic rings. The Morgan fingerprint density at radius 3 is 2.93 bits per heavy atom. The van der Waals surface area contributed by atoms with E-state index in [1.54, 1.807) is 0 Å². The Hall–Kier alpha value is -1.04. The smallest absolute Gasteiger partial charge is 0.106 e. The molecule has 0 N–H and O–H groups in total. The highest BCUT2D eigenvalue weighted by Gasteiger charge is 2.34. The van der Waals surface area contributed by atoms with E-state index in [0.717, 1.165) is 25.0 Å². The summed E-state index contributed by atoms with van der Waals surface area (Å²) in [5, 5.41) is 9.99. The highest BCUT2D eigenvalue weighted by atomic mass is 35.5. The molecule has 0 amide bonds. The lowest BCUT2D eigenvalue weighted by Gasteiger charge is -2.31. The summed E-state index contributed by atoms with van der Waals surface area (Å²) < 4.78 is 5.41. The summed E-state index contributed by atoms with van der Waals surface area (Å²) in [5.41, 5.74) is 0.473. The van der Waals surface area contributed by atoms with Crippen LogP contribution in [0.1, 0.15) is 18.4 Å². The molecular weight excluding hydrogens is 210 g/mol. The maximum absolute atomic E-state index is 9.31. The van der Waals surface area contributed by atoms with E-state index in [-0.39, 0.29) is 0 Å². The second-order valence-corrected chi connectivity index (χ2v) is 4.30. The van der Waals surface area contributed by atoms with Gasteiger partial charge in [-0.15, -0.1) is 0 Å². The minimum Gasteiger partial charge on any atom is -0.379 e. The fourth-order valence-electron chi connectivity index (χ4n) is 1.96. The molecule has 0 spiro atoms. The largest absolute Gasteiger partial charge is 0.379 e. The summed E-state index contributed by atoms with van der Waals surface area (Å²) in [6, 6.07) is 9.89. The third kappa shape index (κ3) is 1.99. The summed E-state index contributed by atoms with van der Waals surface area (Å²) >= 11 is 5.93. The van der Waals surface area contributed by atoms with E-state index in [1.807, 2.05) is 24.3 Å². The van der Waals surface area contributed by atoms with Crippen LogP contribution >= 0.6 is 11.6 Å². The lowest BCUT2D eigenvalue weighted by atomic mass is 9.77. The third-order valence-electron chi connectivity index (χ3n) is 2.83. The van der Waals surface area contributed by atoms with Gasteiger partial charge >= 0.3 is 0 Å². The number of benzene rings is 1. The van der Waals surface area contributed by atoms with Gasteiger partial charge in [0.2, 0.25) is 0 Å². The molecule has 15 heavy (non-hydrogen) atoms. The first kappa shape index (κ1) is 10.5. The first-order chi connectivity index (χ1) is 7.27. The number of halogens is 1. The van der Waals surface area contributed by atoms with E-state index < -0.39 is 5.41 Å². The molecule has 0 radical (unpaired) electrons. The first-order valence-corrected chi connectivity index (χ1v) is 5.40. The van der Waals surface area contributed by atoms with Crippen LogP contribution in [-0.4, -0.2) is 13.2 Å². The van der Waals surface area contributed by atoms with Crippen molar-refractivity contribution in [3.05, 3.63) is 34.9 Å². The van der Waals surface area contributed by atoms with Crippen molar-refractivity contribution in [3.63, 3.8) is 0 Å². The molecule has 2 rings (SSSR count). The Labute approximate surface area is 94.4 Å². The van der Waals surface area contributed by atoms with E-state index in [0.29, 0.717) is 11.6 Å². The molecule has 1 aromatic rings. The Morgan fingerprint density at radius 2 is 2.33 bits per heavy atom. The molecule has 1 aliphatic heterocycles. The summed E-state index contributed by atoms with van der Waals surface area (Å²) in [6.45, 7) is 1.23. The Balaban J connectivity index is 2.37. The van der Waals surface area contributed by atoms with Crippen LogP contribution < -0.4 is 0 Å². The molecule has 1 atom stereocenters. The Kier molecular flexibility index (Phi) is 2.95. The predicted octanol–water partition coefficient (Wildman–Crippen LogP) is 2.91. The molecule has 1 aromatic carbocycles. The van der Waals surface area contributed by atoms with Gasteiger partial charge in [-0.25, -0.2) is 0 Å². The topological polar surface area (TPSA) is 33.0 Å². The van der Waals surface area contributed by atoms with Gasteiger partial charge in [0.1, 0.15) is 5.41 Å². The maximum atomic E-state index is 9.31. The Morgan fingerprint density at radius 1 is 1.47 bits per heavy atom. The quantitative estimate of drug-likeness (QED) is 0.731. The van der Waals surface area contributed by atoms with Gasteiger partial charge in [-0.05, 0) is 30.5 Å². The molecular formula is C12H12ClNO. The van der Waals surface area contributed by atoms with Crippen molar-refractivity contribution in [2.45, 2.75) is 18.3 Å². The van der Waals surface area contributed by atoms with E-state index in [1.165, 1.54) is 0 Å². The highest BCUT2D eigenvalue weighted by Crippen LogP contribution is 2.33. The zero-order valence-electron chi connectivity index (χ0n) is 8.37. The van der Waals surface area contributed by atoms with Crippen LogP contribution in [0.15, 0.2) is 24.3 Å². The average molecular weight is 222 g/mol. The first-order valence-electron chi connectivity index (χ1n) is 5.02. The zero-order valence-corrected chi connectivity index (χ0v) is 9.13. The van der Waals surface area contributed by atoms with Gasteiger partial charge in [0.15, 0.2) is 0 Å². The number of nitriles is 1. The molecule has 78 valence electrons. The molecule has 2 nitrogen and oxygen atoms in total.